The highest BCUT2D eigenvalue weighted by atomic mass is 16.5. The minimum absolute atomic E-state index is 0.0862. The zero-order valence-electron chi connectivity index (χ0n) is 16.3. The van der Waals surface area contributed by atoms with Gasteiger partial charge in [0.05, 0.1) is 18.4 Å². The van der Waals surface area contributed by atoms with Crippen LogP contribution < -0.4 is 15.4 Å². The van der Waals surface area contributed by atoms with Gasteiger partial charge in [-0.25, -0.2) is 0 Å². The molecule has 0 aliphatic heterocycles. The van der Waals surface area contributed by atoms with E-state index in [1.165, 1.54) is 5.56 Å². The minimum atomic E-state index is -0.275. The van der Waals surface area contributed by atoms with Crippen molar-refractivity contribution >= 4 is 23.2 Å². The lowest BCUT2D eigenvalue weighted by atomic mass is 10.0. The van der Waals surface area contributed by atoms with E-state index in [4.69, 9.17) is 4.74 Å². The molecular weight excluding hydrogens is 340 g/mol. The van der Waals surface area contributed by atoms with Crippen LogP contribution >= 0.6 is 0 Å². The van der Waals surface area contributed by atoms with E-state index in [1.54, 1.807) is 12.1 Å². The van der Waals surface area contributed by atoms with E-state index >= 15 is 0 Å². The smallest absolute Gasteiger partial charge is 0.228 e. The first-order valence-electron chi connectivity index (χ1n) is 9.31. The summed E-state index contributed by atoms with van der Waals surface area (Å²) in [7, 11) is 0. The maximum Gasteiger partial charge on any atom is 0.228 e. The topological polar surface area (TPSA) is 67.4 Å². The molecular formula is C22H26N2O3. The third-order valence-electron chi connectivity index (χ3n) is 4.82. The van der Waals surface area contributed by atoms with Gasteiger partial charge in [0.15, 0.2) is 0 Å². The minimum Gasteiger partial charge on any atom is -0.494 e. The fourth-order valence-electron chi connectivity index (χ4n) is 3.40. The van der Waals surface area contributed by atoms with Crippen LogP contribution in [0.4, 0.5) is 11.4 Å². The Kier molecular flexibility index (Phi) is 5.49. The molecule has 2 aromatic carbocycles. The van der Waals surface area contributed by atoms with E-state index in [2.05, 4.69) is 10.6 Å². The molecule has 142 valence electrons. The summed E-state index contributed by atoms with van der Waals surface area (Å²) in [4.78, 5) is 24.9. The van der Waals surface area contributed by atoms with Crippen molar-refractivity contribution in [2.24, 2.45) is 11.8 Å². The van der Waals surface area contributed by atoms with Crippen molar-refractivity contribution in [3.05, 3.63) is 53.1 Å². The molecule has 2 unspecified atom stereocenters. The Morgan fingerprint density at radius 3 is 2.07 bits per heavy atom. The maximum atomic E-state index is 12.5. The second-order valence-electron chi connectivity index (χ2n) is 7.16. The summed E-state index contributed by atoms with van der Waals surface area (Å²) in [6, 6.07) is 11.3. The zero-order valence-corrected chi connectivity index (χ0v) is 16.3. The Hall–Kier alpha value is -2.82. The second kappa shape index (κ2) is 7.82. The SMILES string of the molecule is CCOc1ccc(NC(=O)C2CC2C(=O)Nc2c(C)cc(C)cc2C)cc1. The number of ether oxygens (including phenoxy) is 1. The third kappa shape index (κ3) is 4.48. The van der Waals surface area contributed by atoms with E-state index in [9.17, 15) is 9.59 Å². The van der Waals surface area contributed by atoms with Gasteiger partial charge in [-0.1, -0.05) is 17.7 Å². The normalized spacial score (nSPS) is 17.9. The van der Waals surface area contributed by atoms with Gasteiger partial charge in [0.2, 0.25) is 11.8 Å². The lowest BCUT2D eigenvalue weighted by molar-refractivity contribution is -0.122. The van der Waals surface area contributed by atoms with E-state index in [0.29, 0.717) is 18.7 Å². The average molecular weight is 366 g/mol. The van der Waals surface area contributed by atoms with Crippen LogP contribution in [0.25, 0.3) is 0 Å². The van der Waals surface area contributed by atoms with Crippen LogP contribution in [0.1, 0.15) is 30.0 Å². The number of carbonyl (C=O) groups is 2. The third-order valence-corrected chi connectivity index (χ3v) is 4.82. The molecule has 2 aromatic rings. The molecule has 0 spiro atoms. The van der Waals surface area contributed by atoms with Gasteiger partial charge < -0.3 is 15.4 Å². The van der Waals surface area contributed by atoms with Crippen molar-refractivity contribution in [1.29, 1.82) is 0 Å². The fourth-order valence-corrected chi connectivity index (χ4v) is 3.40. The Morgan fingerprint density at radius 2 is 1.52 bits per heavy atom. The quantitative estimate of drug-likeness (QED) is 0.804. The van der Waals surface area contributed by atoms with Gasteiger partial charge in [-0.15, -0.1) is 0 Å². The Balaban J connectivity index is 1.57. The summed E-state index contributed by atoms with van der Waals surface area (Å²) in [6.07, 6.45) is 0.582. The molecule has 2 atom stereocenters. The number of benzene rings is 2. The summed E-state index contributed by atoms with van der Waals surface area (Å²) < 4.78 is 5.39. The summed E-state index contributed by atoms with van der Waals surface area (Å²) in [5, 5.41) is 5.88. The van der Waals surface area contributed by atoms with Gasteiger partial charge >= 0.3 is 0 Å². The van der Waals surface area contributed by atoms with Gasteiger partial charge in [0.1, 0.15) is 5.75 Å². The molecule has 5 heteroatoms. The maximum absolute atomic E-state index is 12.5. The number of anilines is 2. The van der Waals surface area contributed by atoms with Crippen molar-refractivity contribution in [3.8, 4) is 5.75 Å². The molecule has 3 rings (SSSR count). The van der Waals surface area contributed by atoms with Crippen molar-refractivity contribution in [2.45, 2.75) is 34.1 Å². The molecule has 2 amide bonds. The van der Waals surface area contributed by atoms with Crippen LogP contribution in [0, 0.1) is 32.6 Å². The van der Waals surface area contributed by atoms with Crippen LogP contribution in [-0.2, 0) is 9.59 Å². The van der Waals surface area contributed by atoms with Crippen molar-refractivity contribution in [3.63, 3.8) is 0 Å². The number of rotatable bonds is 6. The van der Waals surface area contributed by atoms with Crippen LogP contribution in [0.5, 0.6) is 5.75 Å². The van der Waals surface area contributed by atoms with Crippen LogP contribution in [0.15, 0.2) is 36.4 Å². The Labute approximate surface area is 160 Å². The van der Waals surface area contributed by atoms with E-state index in [0.717, 1.165) is 22.6 Å². The first-order valence-corrected chi connectivity index (χ1v) is 9.31. The molecule has 5 nitrogen and oxygen atoms in total. The lowest BCUT2D eigenvalue weighted by Gasteiger charge is -2.13. The first kappa shape index (κ1) is 19.0. The number of carbonyl (C=O) groups excluding carboxylic acids is 2. The molecule has 1 aliphatic rings. The molecule has 0 radical (unpaired) electrons. The standard InChI is InChI=1S/C22H26N2O3/c1-5-27-17-8-6-16(7-9-17)23-21(25)18-12-19(18)22(26)24-20-14(3)10-13(2)11-15(20)4/h6-11,18-19H,5,12H2,1-4H3,(H,23,25)(H,24,26). The summed E-state index contributed by atoms with van der Waals surface area (Å²) in [6.45, 7) is 8.53. The fraction of sp³-hybridized carbons (Fsp3) is 0.364. The predicted octanol–water partition coefficient (Wildman–Crippen LogP) is 4.22. The van der Waals surface area contributed by atoms with Gasteiger partial charge in [0, 0.05) is 11.4 Å². The number of hydrogen-bond acceptors (Lipinski definition) is 3. The molecule has 1 saturated carbocycles. The van der Waals surface area contributed by atoms with E-state index in [1.807, 2.05) is 52.0 Å². The Bertz CT molecular complexity index is 835. The number of hydrogen-bond donors (Lipinski definition) is 2. The molecule has 2 N–H and O–H groups in total. The van der Waals surface area contributed by atoms with Crippen LogP contribution in [0.2, 0.25) is 0 Å². The second-order valence-corrected chi connectivity index (χ2v) is 7.16. The average Bonchev–Trinajstić information content (AvgIpc) is 3.41. The van der Waals surface area contributed by atoms with E-state index in [-0.39, 0.29) is 23.7 Å². The van der Waals surface area contributed by atoms with Crippen LogP contribution in [-0.4, -0.2) is 18.4 Å². The molecule has 0 aromatic heterocycles. The Morgan fingerprint density at radius 1 is 0.963 bits per heavy atom. The van der Waals surface area contributed by atoms with E-state index < -0.39 is 0 Å². The molecule has 0 bridgehead atoms. The van der Waals surface area contributed by atoms with Crippen molar-refractivity contribution in [2.75, 3.05) is 17.2 Å². The molecule has 1 fully saturated rings. The van der Waals surface area contributed by atoms with Gasteiger partial charge in [-0.3, -0.25) is 9.59 Å². The van der Waals surface area contributed by atoms with Crippen molar-refractivity contribution < 1.29 is 14.3 Å². The molecule has 1 aliphatic carbocycles. The highest BCUT2D eigenvalue weighted by Crippen LogP contribution is 2.40. The molecule has 27 heavy (non-hydrogen) atoms. The number of nitrogens with one attached hydrogen (secondary N) is 2. The number of aryl methyl sites for hydroxylation is 3. The largest absolute Gasteiger partial charge is 0.494 e. The summed E-state index contributed by atoms with van der Waals surface area (Å²) >= 11 is 0. The van der Waals surface area contributed by atoms with Crippen molar-refractivity contribution in [1.82, 2.24) is 0 Å². The van der Waals surface area contributed by atoms with Gasteiger partial charge in [0.25, 0.3) is 0 Å². The predicted molar refractivity (Wildman–Crippen MR) is 107 cm³/mol. The molecule has 0 saturated heterocycles. The lowest BCUT2D eigenvalue weighted by Crippen LogP contribution is -2.21. The van der Waals surface area contributed by atoms with Crippen LogP contribution in [0.3, 0.4) is 0 Å². The van der Waals surface area contributed by atoms with Gasteiger partial charge in [-0.2, -0.15) is 0 Å². The highest BCUT2D eigenvalue weighted by Gasteiger charge is 2.48. The number of amides is 2. The zero-order chi connectivity index (χ0) is 19.6. The molecule has 0 heterocycles. The van der Waals surface area contributed by atoms with Gasteiger partial charge in [-0.05, 0) is 69.5 Å². The first-order chi connectivity index (χ1) is 12.9. The summed E-state index contributed by atoms with van der Waals surface area (Å²) in [5.41, 5.74) is 4.80. The summed E-state index contributed by atoms with van der Waals surface area (Å²) in [5.74, 6) is 0.0204. The highest BCUT2D eigenvalue weighted by molar-refractivity contribution is 6.03. The monoisotopic (exact) mass is 366 g/mol.